The van der Waals surface area contributed by atoms with E-state index in [1.807, 2.05) is 12.1 Å². The van der Waals surface area contributed by atoms with Crippen LogP contribution in [0.3, 0.4) is 0 Å². The van der Waals surface area contributed by atoms with E-state index in [4.69, 9.17) is 0 Å². The number of imidazole rings is 1. The number of hydrogen-bond acceptors (Lipinski definition) is 5. The van der Waals surface area contributed by atoms with E-state index >= 15 is 0 Å². The van der Waals surface area contributed by atoms with Gasteiger partial charge in [-0.3, -0.25) is 18.8 Å². The van der Waals surface area contributed by atoms with Crippen LogP contribution < -0.4 is 11.2 Å². The molecule has 0 saturated carbocycles. The summed E-state index contributed by atoms with van der Waals surface area (Å²) in [6.45, 7) is 5.34. The third kappa shape index (κ3) is 3.95. The molecule has 160 valence electrons. The fraction of sp³-hybridized carbons (Fsp3) is 0.476. The molecule has 1 saturated heterocycles. The number of aromatic nitrogens is 4. The lowest BCUT2D eigenvalue weighted by atomic mass is 10.2. The van der Waals surface area contributed by atoms with Crippen LogP contribution in [0.15, 0.2) is 40.2 Å². The average molecular weight is 414 g/mol. The van der Waals surface area contributed by atoms with E-state index in [2.05, 4.69) is 14.8 Å². The van der Waals surface area contributed by atoms with E-state index in [-0.39, 0.29) is 17.1 Å². The molecule has 0 unspecified atom stereocenters. The molecule has 0 bridgehead atoms. The summed E-state index contributed by atoms with van der Waals surface area (Å²) in [7, 11) is 3.40. The topological polar surface area (TPSA) is 68.3 Å². The molecule has 8 nitrogen and oxygen atoms in total. The zero-order valence-corrected chi connectivity index (χ0v) is 17.4. The second kappa shape index (κ2) is 8.53. The van der Waals surface area contributed by atoms with Crippen LogP contribution >= 0.6 is 0 Å². The molecule has 0 N–H and O–H groups in total. The molecule has 0 amide bonds. The van der Waals surface area contributed by atoms with Gasteiger partial charge in [-0.15, -0.1) is 0 Å². The molecule has 1 aromatic carbocycles. The van der Waals surface area contributed by atoms with Gasteiger partial charge >= 0.3 is 5.69 Å². The third-order valence-corrected chi connectivity index (χ3v) is 5.87. The summed E-state index contributed by atoms with van der Waals surface area (Å²) in [5, 5.41) is 0. The number of fused-ring (bicyclic) bond motifs is 1. The van der Waals surface area contributed by atoms with E-state index in [0.29, 0.717) is 30.7 Å². The quantitative estimate of drug-likeness (QED) is 0.596. The van der Waals surface area contributed by atoms with Gasteiger partial charge in [0.1, 0.15) is 5.82 Å². The second-order valence-electron chi connectivity index (χ2n) is 7.89. The highest BCUT2D eigenvalue weighted by molar-refractivity contribution is 5.69. The zero-order valence-electron chi connectivity index (χ0n) is 17.4. The van der Waals surface area contributed by atoms with Gasteiger partial charge in [-0.2, -0.15) is 0 Å². The Hall–Kier alpha value is -2.78. The Balaban J connectivity index is 1.33. The van der Waals surface area contributed by atoms with Gasteiger partial charge in [0.15, 0.2) is 11.2 Å². The lowest BCUT2D eigenvalue weighted by Crippen LogP contribution is -2.46. The maximum Gasteiger partial charge on any atom is 0.332 e. The Bertz CT molecular complexity index is 1160. The van der Waals surface area contributed by atoms with Crippen molar-refractivity contribution in [1.29, 1.82) is 0 Å². The molecular formula is C21H27FN6O2. The summed E-state index contributed by atoms with van der Waals surface area (Å²) in [5.41, 5.74) is 0.962. The summed E-state index contributed by atoms with van der Waals surface area (Å²) < 4.78 is 18.2. The van der Waals surface area contributed by atoms with Crippen LogP contribution in [-0.2, 0) is 27.2 Å². The number of nitrogens with zero attached hydrogens (tertiary/aromatic N) is 6. The van der Waals surface area contributed by atoms with Crippen molar-refractivity contribution in [3.05, 3.63) is 62.8 Å². The van der Waals surface area contributed by atoms with E-state index in [1.54, 1.807) is 31.1 Å². The fourth-order valence-electron chi connectivity index (χ4n) is 4.08. The first-order chi connectivity index (χ1) is 14.5. The van der Waals surface area contributed by atoms with Crippen molar-refractivity contribution in [2.75, 3.05) is 32.7 Å². The molecular weight excluding hydrogens is 387 g/mol. The normalized spacial score (nSPS) is 15.8. The molecule has 0 aliphatic carbocycles. The Morgan fingerprint density at radius 3 is 2.43 bits per heavy atom. The van der Waals surface area contributed by atoms with E-state index in [0.717, 1.165) is 38.3 Å². The highest BCUT2D eigenvalue weighted by atomic mass is 19.1. The van der Waals surface area contributed by atoms with Crippen molar-refractivity contribution in [2.45, 2.75) is 19.5 Å². The maximum absolute atomic E-state index is 13.8. The van der Waals surface area contributed by atoms with Crippen LogP contribution in [0.25, 0.3) is 11.2 Å². The minimum atomic E-state index is -0.332. The summed E-state index contributed by atoms with van der Waals surface area (Å²) >= 11 is 0. The van der Waals surface area contributed by atoms with Gasteiger partial charge in [0, 0.05) is 58.9 Å². The number of benzene rings is 1. The zero-order chi connectivity index (χ0) is 21.3. The predicted molar refractivity (Wildman–Crippen MR) is 113 cm³/mol. The Labute approximate surface area is 173 Å². The highest BCUT2D eigenvalue weighted by Gasteiger charge is 2.19. The van der Waals surface area contributed by atoms with Gasteiger partial charge < -0.3 is 9.47 Å². The largest absolute Gasteiger partial charge is 0.332 e. The summed E-state index contributed by atoms with van der Waals surface area (Å²) in [4.78, 5) is 34.1. The number of hydrogen-bond donors (Lipinski definition) is 0. The van der Waals surface area contributed by atoms with Crippen molar-refractivity contribution in [3.8, 4) is 0 Å². The van der Waals surface area contributed by atoms with Crippen molar-refractivity contribution >= 4 is 11.2 Å². The monoisotopic (exact) mass is 414 g/mol. The smallest absolute Gasteiger partial charge is 0.328 e. The number of halogens is 1. The van der Waals surface area contributed by atoms with E-state index < -0.39 is 0 Å². The first-order valence-electron chi connectivity index (χ1n) is 10.2. The van der Waals surface area contributed by atoms with Crippen molar-refractivity contribution < 1.29 is 4.39 Å². The second-order valence-corrected chi connectivity index (χ2v) is 7.89. The number of rotatable bonds is 6. The SMILES string of the molecule is Cn1cnc2c1c(=O)n(CCCN1CCN(Cc3ccccc3F)CC1)c(=O)n2C. The van der Waals surface area contributed by atoms with E-state index in [9.17, 15) is 14.0 Å². The lowest BCUT2D eigenvalue weighted by molar-refractivity contribution is 0.124. The van der Waals surface area contributed by atoms with Crippen LogP contribution in [-0.4, -0.2) is 61.2 Å². The summed E-state index contributed by atoms with van der Waals surface area (Å²) in [6, 6.07) is 6.91. The predicted octanol–water partition coefficient (Wildman–Crippen LogP) is 0.781. The molecule has 3 heterocycles. The van der Waals surface area contributed by atoms with Crippen LogP contribution in [0.5, 0.6) is 0 Å². The van der Waals surface area contributed by atoms with Crippen LogP contribution in [0.4, 0.5) is 4.39 Å². The van der Waals surface area contributed by atoms with Crippen LogP contribution in [0.2, 0.25) is 0 Å². The van der Waals surface area contributed by atoms with Crippen LogP contribution in [0, 0.1) is 5.82 Å². The molecule has 0 spiro atoms. The number of piperazine rings is 1. The van der Waals surface area contributed by atoms with Gasteiger partial charge in [-0.25, -0.2) is 14.2 Å². The van der Waals surface area contributed by atoms with E-state index in [1.165, 1.54) is 15.2 Å². The average Bonchev–Trinajstić information content (AvgIpc) is 3.13. The maximum atomic E-state index is 13.8. The molecule has 4 rings (SSSR count). The third-order valence-electron chi connectivity index (χ3n) is 5.87. The number of aryl methyl sites for hydroxylation is 2. The molecule has 1 aliphatic rings. The molecule has 0 atom stereocenters. The highest BCUT2D eigenvalue weighted by Crippen LogP contribution is 2.12. The van der Waals surface area contributed by atoms with Gasteiger partial charge in [0.2, 0.25) is 0 Å². The molecule has 30 heavy (non-hydrogen) atoms. The molecule has 0 radical (unpaired) electrons. The fourth-order valence-corrected chi connectivity index (χ4v) is 4.08. The van der Waals surface area contributed by atoms with Crippen molar-refractivity contribution in [2.24, 2.45) is 14.1 Å². The first kappa shape index (κ1) is 20.5. The minimum Gasteiger partial charge on any atom is -0.328 e. The van der Waals surface area contributed by atoms with Crippen molar-refractivity contribution in [3.63, 3.8) is 0 Å². The lowest BCUT2D eigenvalue weighted by Gasteiger charge is -2.34. The molecule has 1 fully saturated rings. The molecule has 2 aromatic heterocycles. The molecule has 9 heteroatoms. The Kier molecular flexibility index (Phi) is 5.83. The molecule has 1 aliphatic heterocycles. The van der Waals surface area contributed by atoms with Crippen molar-refractivity contribution in [1.82, 2.24) is 28.5 Å². The summed E-state index contributed by atoms with van der Waals surface area (Å²) in [5.74, 6) is -0.155. The Morgan fingerprint density at radius 1 is 1.00 bits per heavy atom. The standard InChI is InChI=1S/C21H27FN6O2/c1-24-15-23-19-18(24)20(29)28(21(30)25(19)2)9-5-8-26-10-12-27(13-11-26)14-16-6-3-4-7-17(16)22/h3-4,6-7,15H,5,8-14H2,1-2H3. The summed E-state index contributed by atoms with van der Waals surface area (Å²) in [6.07, 6.45) is 2.27. The van der Waals surface area contributed by atoms with Gasteiger partial charge in [-0.05, 0) is 19.0 Å². The Morgan fingerprint density at radius 2 is 1.70 bits per heavy atom. The van der Waals surface area contributed by atoms with Gasteiger partial charge in [0.25, 0.3) is 5.56 Å². The minimum absolute atomic E-state index is 0.155. The van der Waals surface area contributed by atoms with Gasteiger partial charge in [-0.1, -0.05) is 18.2 Å². The first-order valence-corrected chi connectivity index (χ1v) is 10.2. The van der Waals surface area contributed by atoms with Crippen LogP contribution in [0.1, 0.15) is 12.0 Å². The van der Waals surface area contributed by atoms with Gasteiger partial charge in [0.05, 0.1) is 6.33 Å². The molecule has 3 aromatic rings.